The number of nitrogen functional groups attached to an aromatic ring is 1. The van der Waals surface area contributed by atoms with Crippen LogP contribution in [0.25, 0.3) is 0 Å². The van der Waals surface area contributed by atoms with Crippen LogP contribution in [0.5, 0.6) is 0 Å². The van der Waals surface area contributed by atoms with E-state index in [2.05, 4.69) is 10.4 Å². The first-order valence-corrected chi connectivity index (χ1v) is 7.72. The number of nitrogens with one attached hydrogen (secondary N) is 1. The lowest BCUT2D eigenvalue weighted by Gasteiger charge is -2.12. The minimum absolute atomic E-state index is 0.532. The van der Waals surface area contributed by atoms with Gasteiger partial charge >= 0.3 is 0 Å². The highest BCUT2D eigenvalue weighted by molar-refractivity contribution is 6.31. The number of nitrogens with two attached hydrogens (primary N) is 1. The molecule has 0 radical (unpaired) electrons. The van der Waals surface area contributed by atoms with Crippen molar-refractivity contribution in [3.05, 3.63) is 52.4 Å². The molecule has 1 heterocycles. The molecule has 21 heavy (non-hydrogen) atoms. The van der Waals surface area contributed by atoms with E-state index in [4.69, 9.17) is 22.4 Å². The summed E-state index contributed by atoms with van der Waals surface area (Å²) in [6.07, 6.45) is 5.58. The maximum Gasteiger partial charge on any atom is 0.143 e. The Morgan fingerprint density at radius 2 is 1.95 bits per heavy atom. The summed E-state index contributed by atoms with van der Waals surface area (Å²) in [7, 11) is 0. The topological polar surface area (TPSA) is 63.8 Å². The van der Waals surface area contributed by atoms with Crippen LogP contribution >= 0.6 is 11.6 Å². The van der Waals surface area contributed by atoms with E-state index >= 15 is 0 Å². The smallest absolute Gasteiger partial charge is 0.143 e. The largest absolute Gasteiger partial charge is 0.308 e. The molecule has 0 amide bonds. The number of anilines is 1. The molecule has 1 aliphatic rings. The third-order valence-electron chi connectivity index (χ3n) is 4.02. The van der Waals surface area contributed by atoms with Crippen LogP contribution in [0.4, 0.5) is 5.82 Å². The molecule has 0 unspecified atom stereocenters. The summed E-state index contributed by atoms with van der Waals surface area (Å²) in [6.45, 7) is 0. The lowest BCUT2D eigenvalue weighted by Crippen LogP contribution is -2.13. The van der Waals surface area contributed by atoms with Gasteiger partial charge in [0.2, 0.25) is 0 Å². The third kappa shape index (κ3) is 3.34. The van der Waals surface area contributed by atoms with E-state index in [1.54, 1.807) is 0 Å². The van der Waals surface area contributed by atoms with Gasteiger partial charge in [0.1, 0.15) is 11.6 Å². The first kappa shape index (κ1) is 14.3. The normalized spacial score (nSPS) is 15.3. The molecule has 5 heteroatoms. The van der Waals surface area contributed by atoms with Crippen molar-refractivity contribution < 1.29 is 0 Å². The van der Waals surface area contributed by atoms with Crippen LogP contribution in [0.2, 0.25) is 5.02 Å². The van der Waals surface area contributed by atoms with Crippen molar-refractivity contribution in [1.29, 1.82) is 0 Å². The molecule has 110 valence electrons. The van der Waals surface area contributed by atoms with Crippen LogP contribution in [0, 0.1) is 0 Å². The first-order chi connectivity index (χ1) is 10.3. The second-order valence-corrected chi connectivity index (χ2v) is 5.90. The predicted octanol–water partition coefficient (Wildman–Crippen LogP) is 3.66. The number of hydrogen-bond donors (Lipinski definition) is 2. The monoisotopic (exact) mass is 302 g/mol. The maximum atomic E-state index is 6.22. The summed E-state index contributed by atoms with van der Waals surface area (Å²) in [4.78, 5) is 9.19. The fraction of sp³-hybridized carbons (Fsp3) is 0.375. The maximum absolute atomic E-state index is 6.22. The van der Waals surface area contributed by atoms with Gasteiger partial charge in [0.15, 0.2) is 0 Å². The molecule has 2 aromatic rings. The number of rotatable bonds is 4. The molecule has 3 N–H and O–H groups in total. The summed E-state index contributed by atoms with van der Waals surface area (Å²) < 4.78 is 0. The van der Waals surface area contributed by atoms with Gasteiger partial charge in [-0.15, -0.1) is 0 Å². The number of halogens is 1. The van der Waals surface area contributed by atoms with E-state index in [1.807, 2.05) is 30.3 Å². The highest BCUT2D eigenvalue weighted by atomic mass is 35.5. The van der Waals surface area contributed by atoms with E-state index < -0.39 is 0 Å². The Morgan fingerprint density at radius 3 is 2.67 bits per heavy atom. The van der Waals surface area contributed by atoms with Crippen LogP contribution in [-0.4, -0.2) is 9.97 Å². The molecule has 1 saturated carbocycles. The third-order valence-corrected chi connectivity index (χ3v) is 4.39. The molecule has 4 nitrogen and oxygen atoms in total. The second-order valence-electron chi connectivity index (χ2n) is 5.49. The van der Waals surface area contributed by atoms with Gasteiger partial charge in [0.05, 0.1) is 0 Å². The summed E-state index contributed by atoms with van der Waals surface area (Å²) in [5.41, 5.74) is 4.78. The Hall–Kier alpha value is -1.65. The van der Waals surface area contributed by atoms with Crippen LogP contribution in [0.15, 0.2) is 30.3 Å². The Balaban J connectivity index is 1.90. The van der Waals surface area contributed by atoms with Crippen LogP contribution in [0.1, 0.15) is 48.7 Å². The van der Waals surface area contributed by atoms with Gasteiger partial charge in [-0.3, -0.25) is 0 Å². The van der Waals surface area contributed by atoms with Crippen LogP contribution < -0.4 is 11.3 Å². The molecular formula is C16H19ClN4. The van der Waals surface area contributed by atoms with E-state index in [0.717, 1.165) is 22.1 Å². The number of nitrogens with zero attached hydrogens (tertiary/aromatic N) is 2. The van der Waals surface area contributed by atoms with Crippen LogP contribution in [-0.2, 0) is 6.42 Å². The van der Waals surface area contributed by atoms with Gasteiger partial charge in [0.25, 0.3) is 0 Å². The zero-order valence-electron chi connectivity index (χ0n) is 11.8. The first-order valence-electron chi connectivity index (χ1n) is 7.34. The molecule has 1 fully saturated rings. The summed E-state index contributed by atoms with van der Waals surface area (Å²) in [5, 5.41) is 0.745. The minimum atomic E-state index is 0.532. The molecule has 0 atom stereocenters. The number of hydrazine groups is 1. The van der Waals surface area contributed by atoms with Gasteiger partial charge in [-0.2, -0.15) is 0 Å². The van der Waals surface area contributed by atoms with E-state index in [9.17, 15) is 0 Å². The van der Waals surface area contributed by atoms with Crippen LogP contribution in [0.3, 0.4) is 0 Å². The molecule has 1 aromatic heterocycles. The number of hydrogen-bond acceptors (Lipinski definition) is 4. The van der Waals surface area contributed by atoms with Gasteiger partial charge in [-0.1, -0.05) is 42.6 Å². The quantitative estimate of drug-likeness (QED) is 0.668. The fourth-order valence-corrected chi connectivity index (χ4v) is 3.12. The zero-order valence-corrected chi connectivity index (χ0v) is 12.6. The molecule has 0 aliphatic heterocycles. The highest BCUT2D eigenvalue weighted by Gasteiger charge is 2.20. The van der Waals surface area contributed by atoms with Gasteiger partial charge in [0, 0.05) is 29.1 Å². The average molecular weight is 303 g/mol. The Morgan fingerprint density at radius 1 is 1.19 bits per heavy atom. The highest BCUT2D eigenvalue weighted by Crippen LogP contribution is 2.33. The van der Waals surface area contributed by atoms with Crippen molar-refractivity contribution >= 4 is 17.4 Å². The SMILES string of the molecule is NNc1cc(C2CCCC2)nc(Cc2ccccc2Cl)n1. The van der Waals surface area contributed by atoms with Crippen molar-refractivity contribution in [3.63, 3.8) is 0 Å². The van der Waals surface area contributed by atoms with Crippen molar-refractivity contribution in [2.75, 3.05) is 5.43 Å². The summed E-state index contributed by atoms with van der Waals surface area (Å²) in [6, 6.07) is 9.76. The molecule has 0 bridgehead atoms. The van der Waals surface area contributed by atoms with Gasteiger partial charge in [-0.05, 0) is 24.5 Å². The molecule has 3 rings (SSSR count). The lowest BCUT2D eigenvalue weighted by atomic mass is 10.0. The molecule has 0 spiro atoms. The zero-order chi connectivity index (χ0) is 14.7. The van der Waals surface area contributed by atoms with Crippen molar-refractivity contribution in [1.82, 2.24) is 9.97 Å². The second kappa shape index (κ2) is 6.41. The number of aromatic nitrogens is 2. The predicted molar refractivity (Wildman–Crippen MR) is 85.3 cm³/mol. The van der Waals surface area contributed by atoms with Gasteiger partial charge < -0.3 is 5.43 Å². The molecule has 0 saturated heterocycles. The fourth-order valence-electron chi connectivity index (χ4n) is 2.91. The lowest BCUT2D eigenvalue weighted by molar-refractivity contribution is 0.686. The summed E-state index contributed by atoms with van der Waals surface area (Å²) >= 11 is 6.22. The molecule has 1 aliphatic carbocycles. The van der Waals surface area contributed by atoms with Crippen molar-refractivity contribution in [2.24, 2.45) is 5.84 Å². The van der Waals surface area contributed by atoms with E-state index in [1.165, 1.54) is 25.7 Å². The average Bonchev–Trinajstić information content (AvgIpc) is 3.04. The minimum Gasteiger partial charge on any atom is -0.308 e. The van der Waals surface area contributed by atoms with E-state index in [-0.39, 0.29) is 0 Å². The molecule has 1 aromatic carbocycles. The summed E-state index contributed by atoms with van der Waals surface area (Å²) in [5.74, 6) is 7.51. The Kier molecular flexibility index (Phi) is 4.36. The van der Waals surface area contributed by atoms with Crippen molar-refractivity contribution in [3.8, 4) is 0 Å². The van der Waals surface area contributed by atoms with Crippen molar-refractivity contribution in [2.45, 2.75) is 38.0 Å². The van der Waals surface area contributed by atoms with E-state index in [0.29, 0.717) is 18.2 Å². The number of benzene rings is 1. The Labute approximate surface area is 129 Å². The van der Waals surface area contributed by atoms with Gasteiger partial charge in [-0.25, -0.2) is 15.8 Å². The molecular weight excluding hydrogens is 284 g/mol. The standard InChI is InChI=1S/C16H19ClN4/c17-13-8-4-3-7-12(13)9-15-19-14(10-16(20-15)21-18)11-5-1-2-6-11/h3-4,7-8,10-11H,1-2,5-6,9,18H2,(H,19,20,21). The Bertz CT molecular complexity index is 623.